The van der Waals surface area contributed by atoms with Crippen LogP contribution in [0.3, 0.4) is 0 Å². The van der Waals surface area contributed by atoms with Crippen molar-refractivity contribution in [2.45, 2.75) is 58.5 Å². The molecule has 0 fully saturated rings. The summed E-state index contributed by atoms with van der Waals surface area (Å²) in [6, 6.07) is 6.12. The van der Waals surface area contributed by atoms with Gasteiger partial charge in [-0.1, -0.05) is 12.5 Å². The van der Waals surface area contributed by atoms with Gasteiger partial charge in [-0.2, -0.15) is 0 Å². The molecule has 1 aliphatic heterocycles. The number of aryl methyl sites for hydroxylation is 2. The lowest BCUT2D eigenvalue weighted by molar-refractivity contribution is 0.310. The van der Waals surface area contributed by atoms with E-state index in [-0.39, 0.29) is 0 Å². The molecule has 0 aliphatic carbocycles. The average molecular weight is 415 g/mol. The van der Waals surface area contributed by atoms with Crippen LogP contribution in [-0.4, -0.2) is 48.0 Å². The number of benzene rings is 1. The number of nitrogens with zero attached hydrogens (tertiary/aromatic N) is 4. The Kier molecular flexibility index (Phi) is 8.35. The molecule has 0 bridgehead atoms. The van der Waals surface area contributed by atoms with Crippen LogP contribution in [0.5, 0.6) is 11.5 Å². The van der Waals surface area contributed by atoms with E-state index in [0.29, 0.717) is 13.2 Å². The second-order valence-electron chi connectivity index (χ2n) is 7.37. The number of aliphatic imine (C=N–C) groups is 1. The van der Waals surface area contributed by atoms with Gasteiger partial charge in [0.1, 0.15) is 5.82 Å². The molecule has 2 N–H and O–H groups in total. The zero-order valence-corrected chi connectivity index (χ0v) is 18.4. The van der Waals surface area contributed by atoms with Crippen molar-refractivity contribution in [1.82, 2.24) is 25.4 Å². The highest BCUT2D eigenvalue weighted by Crippen LogP contribution is 2.28. The van der Waals surface area contributed by atoms with Gasteiger partial charge in [-0.15, -0.1) is 10.2 Å². The molecule has 0 unspecified atom stereocenters. The number of fused-ring (bicyclic) bond motifs is 1. The van der Waals surface area contributed by atoms with E-state index in [2.05, 4.69) is 42.5 Å². The first-order chi connectivity index (χ1) is 14.7. The van der Waals surface area contributed by atoms with Crippen molar-refractivity contribution in [2.24, 2.45) is 4.99 Å². The summed E-state index contributed by atoms with van der Waals surface area (Å²) in [5.41, 5.74) is 1.23. The van der Waals surface area contributed by atoms with Gasteiger partial charge in [0.25, 0.3) is 0 Å². The molecular formula is C22H34N6O2. The number of nitrogens with one attached hydrogen (secondary N) is 2. The highest BCUT2D eigenvalue weighted by Gasteiger charge is 2.14. The lowest BCUT2D eigenvalue weighted by atomic mass is 10.1. The standard InChI is InChI=1S/C22H34N6O2/c1-4-30-19-15-17(11-12-18(19)29-3)9-8-13-24-22(23-2)25-16-21-27-26-20-10-6-5-7-14-28(20)21/h11-12,15H,4-10,13-14,16H2,1-3H3,(H2,23,24,25). The highest BCUT2D eigenvalue weighted by molar-refractivity contribution is 5.79. The van der Waals surface area contributed by atoms with E-state index in [1.165, 1.54) is 24.8 Å². The maximum atomic E-state index is 5.66. The molecule has 164 valence electrons. The van der Waals surface area contributed by atoms with Gasteiger partial charge in [-0.05, 0) is 50.3 Å². The van der Waals surface area contributed by atoms with Crippen LogP contribution in [0, 0.1) is 0 Å². The van der Waals surface area contributed by atoms with Crippen LogP contribution in [0.25, 0.3) is 0 Å². The van der Waals surface area contributed by atoms with Gasteiger partial charge in [-0.25, -0.2) is 0 Å². The van der Waals surface area contributed by atoms with Gasteiger partial charge in [0.05, 0.1) is 20.3 Å². The lowest BCUT2D eigenvalue weighted by Crippen LogP contribution is -2.38. The molecular weight excluding hydrogens is 380 g/mol. The number of hydrogen-bond donors (Lipinski definition) is 2. The Hall–Kier alpha value is -2.77. The van der Waals surface area contributed by atoms with Crippen LogP contribution < -0.4 is 20.1 Å². The number of hydrogen-bond acceptors (Lipinski definition) is 5. The van der Waals surface area contributed by atoms with E-state index < -0.39 is 0 Å². The van der Waals surface area contributed by atoms with Crippen LogP contribution in [0.1, 0.15) is 49.8 Å². The zero-order valence-electron chi connectivity index (χ0n) is 18.4. The van der Waals surface area contributed by atoms with Crippen molar-refractivity contribution in [3.05, 3.63) is 35.4 Å². The van der Waals surface area contributed by atoms with Crippen molar-refractivity contribution in [3.63, 3.8) is 0 Å². The van der Waals surface area contributed by atoms with E-state index >= 15 is 0 Å². The summed E-state index contributed by atoms with van der Waals surface area (Å²) < 4.78 is 13.3. The summed E-state index contributed by atoms with van der Waals surface area (Å²) in [7, 11) is 3.45. The molecule has 0 atom stereocenters. The first-order valence-electron chi connectivity index (χ1n) is 10.9. The average Bonchev–Trinajstić information content (AvgIpc) is 2.99. The number of guanidine groups is 1. The monoisotopic (exact) mass is 414 g/mol. The van der Waals surface area contributed by atoms with Crippen LogP contribution >= 0.6 is 0 Å². The summed E-state index contributed by atoms with van der Waals surface area (Å²) in [5.74, 6) is 4.45. The Morgan fingerprint density at radius 3 is 2.87 bits per heavy atom. The van der Waals surface area contributed by atoms with Crippen LogP contribution in [0.4, 0.5) is 0 Å². The van der Waals surface area contributed by atoms with Crippen molar-refractivity contribution in [3.8, 4) is 11.5 Å². The normalized spacial score (nSPS) is 14.0. The van der Waals surface area contributed by atoms with Gasteiger partial charge < -0.3 is 24.7 Å². The Balaban J connectivity index is 1.44. The molecule has 1 aromatic carbocycles. The first-order valence-corrected chi connectivity index (χ1v) is 10.9. The lowest BCUT2D eigenvalue weighted by Gasteiger charge is -2.13. The van der Waals surface area contributed by atoms with Gasteiger partial charge >= 0.3 is 0 Å². The minimum atomic E-state index is 0.624. The molecule has 2 heterocycles. The Morgan fingerprint density at radius 1 is 1.17 bits per heavy atom. The quantitative estimate of drug-likeness (QED) is 0.373. The van der Waals surface area contributed by atoms with E-state index in [9.17, 15) is 0 Å². The maximum absolute atomic E-state index is 5.66. The molecule has 8 heteroatoms. The van der Waals surface area contributed by atoms with Crippen molar-refractivity contribution in [2.75, 3.05) is 27.3 Å². The zero-order chi connectivity index (χ0) is 21.2. The number of ether oxygens (including phenoxy) is 2. The molecule has 0 saturated heterocycles. The van der Waals surface area contributed by atoms with E-state index in [4.69, 9.17) is 9.47 Å². The van der Waals surface area contributed by atoms with Crippen molar-refractivity contribution < 1.29 is 9.47 Å². The van der Waals surface area contributed by atoms with Crippen LogP contribution in [0.15, 0.2) is 23.2 Å². The summed E-state index contributed by atoms with van der Waals surface area (Å²) in [6.45, 7) is 5.07. The SMILES string of the molecule is CCOc1cc(CCCNC(=NC)NCc2nnc3n2CCCCC3)ccc1OC. The fraction of sp³-hybridized carbons (Fsp3) is 0.591. The van der Waals surface area contributed by atoms with E-state index in [0.717, 1.165) is 61.5 Å². The minimum Gasteiger partial charge on any atom is -0.493 e. The molecule has 30 heavy (non-hydrogen) atoms. The maximum Gasteiger partial charge on any atom is 0.191 e. The third-order valence-electron chi connectivity index (χ3n) is 5.29. The van der Waals surface area contributed by atoms with E-state index in [1.54, 1.807) is 14.2 Å². The van der Waals surface area contributed by atoms with Crippen LogP contribution in [-0.2, 0) is 25.9 Å². The Morgan fingerprint density at radius 2 is 2.07 bits per heavy atom. The number of rotatable bonds is 9. The molecule has 0 saturated carbocycles. The molecule has 2 aromatic rings. The smallest absolute Gasteiger partial charge is 0.191 e. The third kappa shape index (κ3) is 5.87. The molecule has 0 amide bonds. The number of aromatic nitrogens is 3. The second-order valence-corrected chi connectivity index (χ2v) is 7.37. The topological polar surface area (TPSA) is 85.6 Å². The minimum absolute atomic E-state index is 0.624. The summed E-state index contributed by atoms with van der Waals surface area (Å²) in [6.07, 6.45) is 6.62. The molecule has 3 rings (SSSR count). The predicted octanol–water partition coefficient (Wildman–Crippen LogP) is 2.71. The van der Waals surface area contributed by atoms with Gasteiger partial charge in [0.2, 0.25) is 0 Å². The van der Waals surface area contributed by atoms with Crippen molar-refractivity contribution in [1.29, 1.82) is 0 Å². The summed E-state index contributed by atoms with van der Waals surface area (Å²) in [4.78, 5) is 4.32. The largest absolute Gasteiger partial charge is 0.493 e. The van der Waals surface area contributed by atoms with Gasteiger partial charge in [0, 0.05) is 26.6 Å². The molecule has 0 radical (unpaired) electrons. The molecule has 0 spiro atoms. The van der Waals surface area contributed by atoms with Gasteiger partial charge in [0.15, 0.2) is 23.3 Å². The second kappa shape index (κ2) is 11.4. The van der Waals surface area contributed by atoms with Crippen molar-refractivity contribution >= 4 is 5.96 Å². The number of methoxy groups -OCH3 is 1. The third-order valence-corrected chi connectivity index (χ3v) is 5.29. The highest BCUT2D eigenvalue weighted by atomic mass is 16.5. The first kappa shape index (κ1) is 21.9. The Bertz CT molecular complexity index is 833. The summed E-state index contributed by atoms with van der Waals surface area (Å²) in [5, 5.41) is 15.5. The summed E-state index contributed by atoms with van der Waals surface area (Å²) >= 11 is 0. The van der Waals surface area contributed by atoms with Crippen LogP contribution in [0.2, 0.25) is 0 Å². The predicted molar refractivity (Wildman–Crippen MR) is 118 cm³/mol. The van der Waals surface area contributed by atoms with Gasteiger partial charge in [-0.3, -0.25) is 4.99 Å². The fourth-order valence-electron chi connectivity index (χ4n) is 3.70. The molecule has 1 aromatic heterocycles. The molecule has 8 nitrogen and oxygen atoms in total. The van der Waals surface area contributed by atoms with E-state index in [1.807, 2.05) is 13.0 Å². The Labute approximate surface area is 179 Å². The fourth-order valence-corrected chi connectivity index (χ4v) is 3.70. The molecule has 1 aliphatic rings.